The lowest BCUT2D eigenvalue weighted by Crippen LogP contribution is -2.44. The van der Waals surface area contributed by atoms with Gasteiger partial charge in [-0.3, -0.25) is 9.59 Å². The molecule has 11 heteroatoms. The molecule has 0 saturated heterocycles. The van der Waals surface area contributed by atoms with Gasteiger partial charge >= 0.3 is 0 Å². The van der Waals surface area contributed by atoms with E-state index in [2.05, 4.69) is 0 Å². The number of carbonyl (C=O) groups is 2. The highest BCUT2D eigenvalue weighted by Gasteiger charge is 2.28. The maximum absolute atomic E-state index is 13.9. The highest BCUT2D eigenvalue weighted by atomic mass is 32.2. The van der Waals surface area contributed by atoms with Crippen LogP contribution in [0.25, 0.3) is 0 Å². The number of rotatable bonds is 13. The average Bonchev–Trinajstić information content (AvgIpc) is 2.90. The summed E-state index contributed by atoms with van der Waals surface area (Å²) in [5.41, 5.74) is 12.8. The summed E-state index contributed by atoms with van der Waals surface area (Å²) in [6, 6.07) is 15.2. The molecule has 0 aliphatic heterocycles. The smallest absolute Gasteiger partial charge is 0.252 e. The molecule has 0 amide bonds. The van der Waals surface area contributed by atoms with E-state index < -0.39 is 57.0 Å². The van der Waals surface area contributed by atoms with E-state index >= 15 is 0 Å². The number of ketones is 1. The first kappa shape index (κ1) is 30.2. The molecule has 0 heterocycles. The van der Waals surface area contributed by atoms with Gasteiger partial charge in [-0.25, -0.2) is 17.2 Å². The summed E-state index contributed by atoms with van der Waals surface area (Å²) in [6.07, 6.45) is -2.75. The summed E-state index contributed by atoms with van der Waals surface area (Å²) in [7, 11) is -4.48. The van der Waals surface area contributed by atoms with E-state index in [0.717, 1.165) is 29.8 Å². The Hall–Kier alpha value is -3.35. The Morgan fingerprint density at radius 3 is 2.33 bits per heavy atom. The Balaban J connectivity index is 1.58. The lowest BCUT2D eigenvalue weighted by Gasteiger charge is -2.18. The Bertz CT molecular complexity index is 1400. The van der Waals surface area contributed by atoms with Gasteiger partial charge < -0.3 is 21.3 Å². The molecule has 0 radical (unpaired) electrons. The van der Waals surface area contributed by atoms with Crippen LogP contribution in [0, 0.1) is 11.6 Å². The van der Waals surface area contributed by atoms with E-state index in [4.69, 9.17) is 16.2 Å². The number of carbonyl (C=O) groups excluding carboxylic acids is 2. The number of Topliss-reactive ketones (excluding diaryl/α,β-unsaturated/α-hetero) is 1. The van der Waals surface area contributed by atoms with Gasteiger partial charge in [-0.1, -0.05) is 42.5 Å². The lowest BCUT2D eigenvalue weighted by atomic mass is 10.0. The molecule has 3 atom stereocenters. The molecule has 0 aromatic heterocycles. The average molecular weight is 561 g/mol. The number of hydrogen-bond acceptors (Lipinski definition) is 8. The van der Waals surface area contributed by atoms with Gasteiger partial charge in [0.05, 0.1) is 24.2 Å². The van der Waals surface area contributed by atoms with Crippen LogP contribution in [0.15, 0.2) is 77.7 Å². The molecule has 0 aliphatic carbocycles. The second kappa shape index (κ2) is 13.6. The highest BCUT2D eigenvalue weighted by Crippen LogP contribution is 2.19. The summed E-state index contributed by atoms with van der Waals surface area (Å²) >= 11 is 0. The van der Waals surface area contributed by atoms with Gasteiger partial charge in [-0.2, -0.15) is 0 Å². The van der Waals surface area contributed by atoms with Crippen molar-refractivity contribution in [2.45, 2.75) is 49.0 Å². The van der Waals surface area contributed by atoms with Crippen LogP contribution in [0.5, 0.6) is 0 Å². The molecule has 3 unspecified atom stereocenters. The number of hydrogen-bond donors (Lipinski definition) is 3. The van der Waals surface area contributed by atoms with Crippen molar-refractivity contribution in [1.29, 1.82) is 0 Å². The normalized spacial score (nSPS) is 14.0. The van der Waals surface area contributed by atoms with Crippen molar-refractivity contribution in [2.75, 3.05) is 6.61 Å². The van der Waals surface area contributed by atoms with Crippen molar-refractivity contribution in [3.63, 3.8) is 0 Å². The first-order chi connectivity index (χ1) is 18.5. The van der Waals surface area contributed by atoms with Crippen molar-refractivity contribution in [3.8, 4) is 0 Å². The second-order valence-corrected chi connectivity index (χ2v) is 11.1. The number of aliphatic hydroxyl groups is 1. The molecule has 0 saturated carbocycles. The molecule has 208 valence electrons. The number of benzene rings is 3. The SMILES string of the molecule is NC(CC(=O)S(=O)(=O)c1cccc(CC(=O)C(O)C(N)COCc2ccccc2)c1)Cc1cc(F)ccc1F. The Labute approximate surface area is 225 Å². The maximum Gasteiger partial charge on any atom is 0.252 e. The fourth-order valence-corrected chi connectivity index (χ4v) is 5.12. The Morgan fingerprint density at radius 2 is 1.62 bits per heavy atom. The fraction of sp³-hybridized carbons (Fsp3) is 0.286. The van der Waals surface area contributed by atoms with Gasteiger partial charge in [0, 0.05) is 18.9 Å². The molecular formula is C28H30F2N2O6S. The van der Waals surface area contributed by atoms with Crippen LogP contribution in [0.4, 0.5) is 8.78 Å². The first-order valence-electron chi connectivity index (χ1n) is 12.1. The van der Waals surface area contributed by atoms with Gasteiger partial charge in [0.2, 0.25) is 9.84 Å². The summed E-state index contributed by atoms with van der Waals surface area (Å²) in [5.74, 6) is -2.05. The van der Waals surface area contributed by atoms with Gasteiger partial charge in [0.25, 0.3) is 5.12 Å². The zero-order valence-corrected chi connectivity index (χ0v) is 21.8. The maximum atomic E-state index is 13.9. The largest absolute Gasteiger partial charge is 0.384 e. The zero-order valence-electron chi connectivity index (χ0n) is 21.0. The van der Waals surface area contributed by atoms with Crippen molar-refractivity contribution in [3.05, 3.63) is 101 Å². The summed E-state index contributed by atoms with van der Waals surface area (Å²) < 4.78 is 58.4. The van der Waals surface area contributed by atoms with Crippen LogP contribution in [-0.2, 0) is 43.6 Å². The summed E-state index contributed by atoms with van der Waals surface area (Å²) in [5, 5.41) is 9.13. The van der Waals surface area contributed by atoms with Crippen molar-refractivity contribution in [1.82, 2.24) is 0 Å². The van der Waals surface area contributed by atoms with Crippen molar-refractivity contribution in [2.24, 2.45) is 11.5 Å². The van der Waals surface area contributed by atoms with Crippen LogP contribution >= 0.6 is 0 Å². The molecular weight excluding hydrogens is 530 g/mol. The minimum Gasteiger partial charge on any atom is -0.384 e. The molecule has 0 spiro atoms. The Morgan fingerprint density at radius 1 is 0.923 bits per heavy atom. The van der Waals surface area contributed by atoms with Crippen molar-refractivity contribution < 1.29 is 36.6 Å². The minimum absolute atomic E-state index is 0.0737. The molecule has 8 nitrogen and oxygen atoms in total. The summed E-state index contributed by atoms with van der Waals surface area (Å²) in [4.78, 5) is 24.8. The quantitative estimate of drug-likeness (QED) is 0.288. The monoisotopic (exact) mass is 560 g/mol. The third-order valence-electron chi connectivity index (χ3n) is 5.96. The van der Waals surface area contributed by atoms with Gasteiger partial charge in [0.15, 0.2) is 5.78 Å². The molecule has 0 bridgehead atoms. The molecule has 3 rings (SSSR count). The molecule has 5 N–H and O–H groups in total. The molecule has 3 aromatic carbocycles. The minimum atomic E-state index is -4.48. The summed E-state index contributed by atoms with van der Waals surface area (Å²) in [6.45, 7) is 0.175. The van der Waals surface area contributed by atoms with Gasteiger partial charge in [-0.15, -0.1) is 0 Å². The number of nitrogens with two attached hydrogens (primary N) is 2. The highest BCUT2D eigenvalue weighted by molar-refractivity contribution is 8.06. The predicted octanol–water partition coefficient (Wildman–Crippen LogP) is 2.24. The van der Waals surface area contributed by atoms with E-state index in [-0.39, 0.29) is 42.1 Å². The second-order valence-electron chi connectivity index (χ2n) is 9.18. The van der Waals surface area contributed by atoms with E-state index in [0.29, 0.717) is 0 Å². The molecule has 0 fully saturated rings. The number of sulfone groups is 1. The van der Waals surface area contributed by atoms with Gasteiger partial charge in [0.1, 0.15) is 17.7 Å². The predicted molar refractivity (Wildman–Crippen MR) is 140 cm³/mol. The molecule has 39 heavy (non-hydrogen) atoms. The van der Waals surface area contributed by atoms with Crippen LogP contribution in [0.2, 0.25) is 0 Å². The molecule has 3 aromatic rings. The van der Waals surface area contributed by atoms with Crippen LogP contribution < -0.4 is 11.5 Å². The topological polar surface area (TPSA) is 150 Å². The van der Waals surface area contributed by atoms with Crippen molar-refractivity contribution >= 4 is 20.7 Å². The number of halogens is 2. The van der Waals surface area contributed by atoms with E-state index in [1.165, 1.54) is 18.2 Å². The fourth-order valence-electron chi connectivity index (χ4n) is 3.85. The van der Waals surface area contributed by atoms with Crippen LogP contribution in [0.3, 0.4) is 0 Å². The zero-order chi connectivity index (χ0) is 28.6. The third-order valence-corrected chi connectivity index (χ3v) is 7.60. The number of ether oxygens (including phenoxy) is 1. The standard InChI is InChI=1S/C28H30F2N2O6S/c29-21-9-10-24(30)20(13-21)14-22(31)15-27(34)39(36,37)23-8-4-7-19(11-23)12-26(33)28(35)25(32)17-38-16-18-5-2-1-3-6-18/h1-11,13,22,25,28,35H,12,14-17,31-32H2. The first-order valence-corrected chi connectivity index (χ1v) is 13.6. The van der Waals surface area contributed by atoms with Crippen LogP contribution in [-0.4, -0.2) is 49.2 Å². The molecule has 0 aliphatic rings. The van der Waals surface area contributed by atoms with E-state index in [1.807, 2.05) is 30.3 Å². The van der Waals surface area contributed by atoms with E-state index in [1.54, 1.807) is 0 Å². The number of aliphatic hydroxyl groups excluding tert-OH is 1. The van der Waals surface area contributed by atoms with E-state index in [9.17, 15) is 31.9 Å². The van der Waals surface area contributed by atoms with Gasteiger partial charge in [-0.05, 0) is 53.4 Å². The Kier molecular flexibility index (Phi) is 10.6. The third kappa shape index (κ3) is 8.57. The van der Waals surface area contributed by atoms with Crippen LogP contribution in [0.1, 0.15) is 23.1 Å². The lowest BCUT2D eigenvalue weighted by molar-refractivity contribution is -0.128.